The van der Waals surface area contributed by atoms with Crippen LogP contribution in [0.25, 0.3) is 0 Å². The van der Waals surface area contributed by atoms with E-state index in [-0.39, 0.29) is 18.2 Å². The van der Waals surface area contributed by atoms with Gasteiger partial charge in [0.1, 0.15) is 5.76 Å². The summed E-state index contributed by atoms with van der Waals surface area (Å²) in [6, 6.07) is 3.51. The Kier molecular flexibility index (Phi) is 5.93. The number of hydrogen-bond donors (Lipinski definition) is 1. The molecule has 7 nitrogen and oxygen atoms in total. The number of amides is 1. The molecule has 0 aliphatic rings. The normalized spacial score (nSPS) is 10.1. The Morgan fingerprint density at radius 1 is 1.57 bits per heavy atom. The summed E-state index contributed by atoms with van der Waals surface area (Å²) in [6.45, 7) is 4.11. The third-order valence-corrected chi connectivity index (χ3v) is 3.64. The maximum atomic E-state index is 11.9. The third kappa shape index (κ3) is 4.96. The lowest BCUT2D eigenvalue weighted by atomic mass is 10.4. The first-order chi connectivity index (χ1) is 11.1. The molecule has 1 N–H and O–H groups in total. The summed E-state index contributed by atoms with van der Waals surface area (Å²) in [7, 11) is 1.61. The summed E-state index contributed by atoms with van der Waals surface area (Å²) in [5.74, 6) is -0.299. The van der Waals surface area contributed by atoms with Gasteiger partial charge in [-0.05, 0) is 12.1 Å². The number of ether oxygens (including phenoxy) is 1. The zero-order chi connectivity index (χ0) is 16.7. The maximum Gasteiger partial charge on any atom is 0.358 e. The fourth-order valence-corrected chi connectivity index (χ4v) is 2.33. The predicted molar refractivity (Wildman–Crippen MR) is 86.3 cm³/mol. The van der Waals surface area contributed by atoms with E-state index in [4.69, 9.17) is 9.15 Å². The van der Waals surface area contributed by atoms with Crippen LogP contribution in [0.15, 0.2) is 40.8 Å². The van der Waals surface area contributed by atoms with Gasteiger partial charge in [-0.2, -0.15) is 0 Å². The quantitative estimate of drug-likeness (QED) is 0.588. The number of carbonyl (C=O) groups is 2. The van der Waals surface area contributed by atoms with Gasteiger partial charge < -0.3 is 19.4 Å². The second-order valence-corrected chi connectivity index (χ2v) is 5.47. The first-order valence-corrected chi connectivity index (χ1v) is 7.72. The van der Waals surface area contributed by atoms with E-state index in [0.717, 1.165) is 0 Å². The molecule has 0 atom stereocenters. The average Bonchev–Trinajstić information content (AvgIpc) is 3.21. The number of esters is 1. The van der Waals surface area contributed by atoms with E-state index in [1.165, 1.54) is 22.5 Å². The lowest BCUT2D eigenvalue weighted by molar-refractivity contribution is -0.134. The minimum absolute atomic E-state index is 0.169. The summed E-state index contributed by atoms with van der Waals surface area (Å²) in [6.07, 6.45) is 3.22. The summed E-state index contributed by atoms with van der Waals surface area (Å²) in [5.41, 5.74) is 0.169. The molecule has 0 aliphatic heterocycles. The van der Waals surface area contributed by atoms with Crippen molar-refractivity contribution in [2.24, 2.45) is 0 Å². The van der Waals surface area contributed by atoms with Gasteiger partial charge in [0.25, 0.3) is 5.91 Å². The number of anilines is 1. The molecule has 0 bridgehead atoms. The number of thiazole rings is 1. The first-order valence-electron chi connectivity index (χ1n) is 6.84. The predicted octanol–water partition coefficient (Wildman–Crippen LogP) is 2.15. The fourth-order valence-electron chi connectivity index (χ4n) is 1.64. The Balaban J connectivity index is 1.80. The van der Waals surface area contributed by atoms with E-state index in [2.05, 4.69) is 16.9 Å². The standard InChI is InChI=1S/C15H17N3O4S/c1-3-6-16-15-17-12(10-23-15)14(20)22-9-13(19)18(2)8-11-5-4-7-21-11/h3-5,7,10H,1,6,8-9H2,2H3,(H,16,17). The number of hydrogen-bond acceptors (Lipinski definition) is 7. The highest BCUT2D eigenvalue weighted by molar-refractivity contribution is 7.13. The van der Waals surface area contributed by atoms with Crippen molar-refractivity contribution in [2.45, 2.75) is 6.54 Å². The van der Waals surface area contributed by atoms with Gasteiger partial charge >= 0.3 is 5.97 Å². The summed E-state index contributed by atoms with van der Waals surface area (Å²) in [5, 5.41) is 5.14. The van der Waals surface area contributed by atoms with E-state index >= 15 is 0 Å². The van der Waals surface area contributed by atoms with E-state index < -0.39 is 5.97 Å². The summed E-state index contributed by atoms with van der Waals surface area (Å²) >= 11 is 1.28. The molecule has 0 saturated heterocycles. The SMILES string of the molecule is C=CCNc1nc(C(=O)OCC(=O)N(C)Cc2ccco2)cs1. The molecule has 0 aromatic carbocycles. The van der Waals surface area contributed by atoms with E-state index in [9.17, 15) is 9.59 Å². The molecule has 23 heavy (non-hydrogen) atoms. The van der Waals surface area contributed by atoms with Gasteiger partial charge in [0.15, 0.2) is 17.4 Å². The minimum Gasteiger partial charge on any atom is -0.467 e. The van der Waals surface area contributed by atoms with E-state index in [1.807, 2.05) is 0 Å². The van der Waals surface area contributed by atoms with Crippen molar-refractivity contribution in [1.29, 1.82) is 0 Å². The van der Waals surface area contributed by atoms with Crippen molar-refractivity contribution in [3.05, 3.63) is 47.9 Å². The second-order valence-electron chi connectivity index (χ2n) is 4.61. The molecular formula is C15H17N3O4S. The van der Waals surface area contributed by atoms with Crippen LogP contribution < -0.4 is 5.32 Å². The van der Waals surface area contributed by atoms with Crippen LogP contribution in [0.5, 0.6) is 0 Å². The Bertz CT molecular complexity index is 666. The number of furan rings is 1. The van der Waals surface area contributed by atoms with Crippen LogP contribution in [0.3, 0.4) is 0 Å². The molecule has 0 radical (unpaired) electrons. The van der Waals surface area contributed by atoms with Gasteiger partial charge in [-0.3, -0.25) is 4.79 Å². The van der Waals surface area contributed by atoms with Crippen LogP contribution in [0, 0.1) is 0 Å². The van der Waals surface area contributed by atoms with Gasteiger partial charge in [0, 0.05) is 19.0 Å². The molecule has 1 amide bonds. The molecule has 2 aromatic heterocycles. The lowest BCUT2D eigenvalue weighted by Gasteiger charge is -2.15. The molecule has 122 valence electrons. The van der Waals surface area contributed by atoms with Gasteiger partial charge in [0.2, 0.25) is 0 Å². The van der Waals surface area contributed by atoms with Crippen LogP contribution in [-0.4, -0.2) is 42.0 Å². The highest BCUT2D eigenvalue weighted by Gasteiger charge is 2.16. The number of rotatable bonds is 8. The average molecular weight is 335 g/mol. The van der Waals surface area contributed by atoms with Gasteiger partial charge in [-0.15, -0.1) is 17.9 Å². The number of carbonyl (C=O) groups excluding carboxylic acids is 2. The number of aromatic nitrogens is 1. The minimum atomic E-state index is -0.632. The maximum absolute atomic E-state index is 11.9. The molecule has 0 unspecified atom stereocenters. The Morgan fingerprint density at radius 3 is 3.09 bits per heavy atom. The number of likely N-dealkylation sites (N-methyl/N-ethyl adjacent to an activating group) is 1. The topological polar surface area (TPSA) is 84.7 Å². The first kappa shape index (κ1) is 16.8. The molecule has 2 heterocycles. The van der Waals surface area contributed by atoms with Gasteiger partial charge in [-0.25, -0.2) is 9.78 Å². The van der Waals surface area contributed by atoms with Crippen LogP contribution in [0.2, 0.25) is 0 Å². The van der Waals surface area contributed by atoms with E-state index in [0.29, 0.717) is 24.0 Å². The zero-order valence-electron chi connectivity index (χ0n) is 12.7. The van der Waals surface area contributed by atoms with Crippen molar-refractivity contribution >= 4 is 28.3 Å². The third-order valence-electron chi connectivity index (χ3n) is 2.84. The fraction of sp³-hybridized carbons (Fsp3) is 0.267. The van der Waals surface area contributed by atoms with Crippen molar-refractivity contribution in [2.75, 3.05) is 25.5 Å². The van der Waals surface area contributed by atoms with Crippen molar-refractivity contribution in [1.82, 2.24) is 9.88 Å². The van der Waals surface area contributed by atoms with Crippen LogP contribution in [0.4, 0.5) is 5.13 Å². The molecule has 2 aromatic rings. The Hall–Kier alpha value is -2.61. The van der Waals surface area contributed by atoms with Gasteiger partial charge in [-0.1, -0.05) is 6.08 Å². The largest absolute Gasteiger partial charge is 0.467 e. The molecule has 0 saturated carbocycles. The van der Waals surface area contributed by atoms with Crippen LogP contribution in [0.1, 0.15) is 16.2 Å². The highest BCUT2D eigenvalue weighted by Crippen LogP contribution is 2.15. The highest BCUT2D eigenvalue weighted by atomic mass is 32.1. The molecule has 0 fully saturated rings. The van der Waals surface area contributed by atoms with Crippen LogP contribution >= 0.6 is 11.3 Å². The van der Waals surface area contributed by atoms with E-state index in [1.54, 1.807) is 30.6 Å². The molecular weight excluding hydrogens is 318 g/mol. The summed E-state index contributed by atoms with van der Waals surface area (Å²) < 4.78 is 10.1. The monoisotopic (exact) mass is 335 g/mol. The molecule has 0 aliphatic carbocycles. The molecule has 2 rings (SSSR count). The number of nitrogens with zero attached hydrogens (tertiary/aromatic N) is 2. The van der Waals surface area contributed by atoms with Crippen molar-refractivity contribution in [3.8, 4) is 0 Å². The zero-order valence-corrected chi connectivity index (χ0v) is 13.5. The second kappa shape index (κ2) is 8.14. The lowest BCUT2D eigenvalue weighted by Crippen LogP contribution is -2.30. The summed E-state index contributed by atoms with van der Waals surface area (Å²) in [4.78, 5) is 29.3. The Labute approximate surface area is 137 Å². The smallest absolute Gasteiger partial charge is 0.358 e. The van der Waals surface area contributed by atoms with Crippen molar-refractivity contribution < 1.29 is 18.7 Å². The molecule has 8 heteroatoms. The number of nitrogens with one attached hydrogen (secondary N) is 1. The Morgan fingerprint density at radius 2 is 2.39 bits per heavy atom. The van der Waals surface area contributed by atoms with Gasteiger partial charge in [0.05, 0.1) is 12.8 Å². The molecule has 0 spiro atoms. The van der Waals surface area contributed by atoms with Crippen molar-refractivity contribution in [3.63, 3.8) is 0 Å². The van der Waals surface area contributed by atoms with Crippen LogP contribution in [-0.2, 0) is 16.1 Å².